The van der Waals surface area contributed by atoms with Gasteiger partial charge in [-0.3, -0.25) is 9.69 Å². The number of aromatic nitrogens is 1. The third kappa shape index (κ3) is 4.52. The lowest BCUT2D eigenvalue weighted by Gasteiger charge is -2.33. The predicted molar refractivity (Wildman–Crippen MR) is 96.2 cm³/mol. The number of benzene rings is 1. The number of piperazine rings is 1. The summed E-state index contributed by atoms with van der Waals surface area (Å²) in [6.45, 7) is 4.79. The van der Waals surface area contributed by atoms with Crippen molar-refractivity contribution in [3.63, 3.8) is 0 Å². The normalized spacial score (nSPS) is 16.4. The molecule has 3 rings (SSSR count). The molecule has 0 aliphatic carbocycles. The highest BCUT2D eigenvalue weighted by molar-refractivity contribution is 7.89. The summed E-state index contributed by atoms with van der Waals surface area (Å²) in [6, 6.07) is 5.26. The van der Waals surface area contributed by atoms with E-state index in [0.29, 0.717) is 30.2 Å². The fourth-order valence-electron chi connectivity index (χ4n) is 2.98. The smallest absolute Gasteiger partial charge is 0.243 e. The van der Waals surface area contributed by atoms with Crippen molar-refractivity contribution in [2.75, 3.05) is 38.0 Å². The van der Waals surface area contributed by atoms with Gasteiger partial charge < -0.3 is 9.84 Å². The lowest BCUT2D eigenvalue weighted by Crippen LogP contribution is -2.50. The van der Waals surface area contributed by atoms with Crippen LogP contribution in [-0.4, -0.2) is 61.4 Å². The minimum Gasteiger partial charge on any atom is -0.360 e. The topological polar surface area (TPSA) is 95.8 Å². The predicted octanol–water partition coefficient (Wildman–Crippen LogP) is 1.38. The van der Waals surface area contributed by atoms with E-state index in [0.717, 1.165) is 6.07 Å². The van der Waals surface area contributed by atoms with Crippen molar-refractivity contribution in [3.8, 4) is 0 Å². The number of carbonyl (C=O) groups excluding carboxylic acids is 1. The van der Waals surface area contributed by atoms with Gasteiger partial charge in [0, 0.05) is 32.2 Å². The Kier molecular flexibility index (Phi) is 5.59. The number of rotatable bonds is 5. The number of hydrogen-bond donors (Lipinski definition) is 1. The summed E-state index contributed by atoms with van der Waals surface area (Å²) in [7, 11) is -3.69. The maximum absolute atomic E-state index is 13.2. The minimum absolute atomic E-state index is 0.108. The van der Waals surface area contributed by atoms with Gasteiger partial charge in [0.05, 0.1) is 11.4 Å². The molecule has 0 atom stereocenters. The van der Waals surface area contributed by atoms with Crippen LogP contribution in [0.25, 0.3) is 0 Å². The van der Waals surface area contributed by atoms with Gasteiger partial charge in [0.25, 0.3) is 0 Å². The highest BCUT2D eigenvalue weighted by Gasteiger charge is 2.30. The van der Waals surface area contributed by atoms with Crippen LogP contribution in [0, 0.1) is 19.7 Å². The molecule has 1 saturated heterocycles. The highest BCUT2D eigenvalue weighted by Crippen LogP contribution is 2.22. The first kappa shape index (κ1) is 19.5. The number of carbonyl (C=O) groups is 1. The molecule has 1 aromatic heterocycles. The van der Waals surface area contributed by atoms with E-state index in [1.807, 2.05) is 4.90 Å². The number of anilines is 1. The van der Waals surface area contributed by atoms with E-state index in [9.17, 15) is 17.6 Å². The Balaban J connectivity index is 1.57. The monoisotopic (exact) mass is 396 g/mol. The Morgan fingerprint density at radius 2 is 1.93 bits per heavy atom. The molecular formula is C17H21FN4O4S. The number of aryl methyl sites for hydroxylation is 2. The highest BCUT2D eigenvalue weighted by atomic mass is 32.2. The third-order valence-electron chi connectivity index (χ3n) is 4.35. The van der Waals surface area contributed by atoms with E-state index in [4.69, 9.17) is 4.52 Å². The van der Waals surface area contributed by atoms with Crippen molar-refractivity contribution in [2.45, 2.75) is 18.7 Å². The van der Waals surface area contributed by atoms with Gasteiger partial charge in [-0.1, -0.05) is 5.16 Å². The lowest BCUT2D eigenvalue weighted by atomic mass is 10.2. The Bertz CT molecular complexity index is 936. The first-order valence-electron chi connectivity index (χ1n) is 8.47. The molecule has 10 heteroatoms. The second kappa shape index (κ2) is 7.75. The lowest BCUT2D eigenvalue weighted by molar-refractivity contribution is -0.117. The molecule has 1 aromatic carbocycles. The molecule has 0 radical (unpaired) electrons. The van der Waals surface area contributed by atoms with Crippen LogP contribution in [-0.2, 0) is 14.8 Å². The van der Waals surface area contributed by atoms with Crippen molar-refractivity contribution < 1.29 is 22.1 Å². The van der Waals surface area contributed by atoms with E-state index in [1.54, 1.807) is 19.9 Å². The van der Waals surface area contributed by atoms with Crippen molar-refractivity contribution in [1.82, 2.24) is 14.4 Å². The Morgan fingerprint density at radius 3 is 2.52 bits per heavy atom. The van der Waals surface area contributed by atoms with Crippen molar-refractivity contribution >= 4 is 21.7 Å². The largest absolute Gasteiger partial charge is 0.360 e. The van der Waals surface area contributed by atoms with Gasteiger partial charge in [0.15, 0.2) is 5.82 Å². The first-order valence-corrected chi connectivity index (χ1v) is 9.91. The van der Waals surface area contributed by atoms with Crippen LogP contribution in [0.4, 0.5) is 10.2 Å². The zero-order valence-electron chi connectivity index (χ0n) is 15.1. The average molecular weight is 396 g/mol. The zero-order valence-corrected chi connectivity index (χ0v) is 15.9. The molecule has 0 unspecified atom stereocenters. The van der Waals surface area contributed by atoms with Crippen LogP contribution >= 0.6 is 0 Å². The number of hydrogen-bond acceptors (Lipinski definition) is 6. The van der Waals surface area contributed by atoms with E-state index in [-0.39, 0.29) is 30.4 Å². The van der Waals surface area contributed by atoms with Crippen LogP contribution in [0.3, 0.4) is 0 Å². The van der Waals surface area contributed by atoms with Gasteiger partial charge in [-0.25, -0.2) is 12.8 Å². The maximum Gasteiger partial charge on any atom is 0.243 e. The average Bonchev–Trinajstić information content (AvgIpc) is 2.99. The maximum atomic E-state index is 13.2. The molecule has 146 valence electrons. The SMILES string of the molecule is Cc1cc(NC(=O)CN2CCN(S(=O)(=O)c3ccc(F)cc3C)CC2)no1. The van der Waals surface area contributed by atoms with Gasteiger partial charge in [-0.15, -0.1) is 0 Å². The van der Waals surface area contributed by atoms with Crippen LogP contribution in [0.15, 0.2) is 33.7 Å². The molecule has 1 N–H and O–H groups in total. The molecule has 0 saturated carbocycles. The molecule has 0 spiro atoms. The van der Waals surface area contributed by atoms with Crippen molar-refractivity contribution in [2.24, 2.45) is 0 Å². The van der Waals surface area contributed by atoms with Gasteiger partial charge in [0.2, 0.25) is 15.9 Å². The van der Waals surface area contributed by atoms with Crippen molar-refractivity contribution in [1.29, 1.82) is 0 Å². The minimum atomic E-state index is -3.69. The summed E-state index contributed by atoms with van der Waals surface area (Å²) >= 11 is 0. The number of nitrogens with one attached hydrogen (secondary N) is 1. The molecule has 1 fully saturated rings. The van der Waals surface area contributed by atoms with Crippen LogP contribution in [0.2, 0.25) is 0 Å². The molecule has 1 amide bonds. The summed E-state index contributed by atoms with van der Waals surface area (Å²) < 4.78 is 45.1. The number of halogens is 1. The summed E-state index contributed by atoms with van der Waals surface area (Å²) in [4.78, 5) is 14.0. The van der Waals surface area contributed by atoms with Gasteiger partial charge in [-0.2, -0.15) is 4.31 Å². The number of amides is 1. The summed E-state index contributed by atoms with van der Waals surface area (Å²) in [5, 5.41) is 6.34. The molecule has 27 heavy (non-hydrogen) atoms. The van der Waals surface area contributed by atoms with Gasteiger partial charge in [-0.05, 0) is 37.6 Å². The van der Waals surface area contributed by atoms with E-state index < -0.39 is 15.8 Å². The number of nitrogens with zero attached hydrogens (tertiary/aromatic N) is 3. The first-order chi connectivity index (χ1) is 12.8. The van der Waals surface area contributed by atoms with Crippen LogP contribution in [0.5, 0.6) is 0 Å². The Labute approximate surface area is 157 Å². The summed E-state index contributed by atoms with van der Waals surface area (Å²) in [5.41, 5.74) is 0.375. The molecule has 2 heterocycles. The van der Waals surface area contributed by atoms with Crippen LogP contribution < -0.4 is 5.32 Å². The van der Waals surface area contributed by atoms with E-state index >= 15 is 0 Å². The standard InChI is InChI=1S/C17H21FN4O4S/c1-12-9-14(18)3-4-15(12)27(24,25)22-7-5-21(6-8-22)11-17(23)19-16-10-13(2)26-20-16/h3-4,9-10H,5-8,11H2,1-2H3,(H,19,20,23). The van der Waals surface area contributed by atoms with E-state index in [2.05, 4.69) is 10.5 Å². The summed E-state index contributed by atoms with van der Waals surface area (Å²) in [5.74, 6) is 0.240. The quantitative estimate of drug-likeness (QED) is 0.820. The van der Waals surface area contributed by atoms with E-state index in [1.165, 1.54) is 16.4 Å². The fourth-order valence-corrected chi connectivity index (χ4v) is 4.61. The van der Waals surface area contributed by atoms with Crippen LogP contribution in [0.1, 0.15) is 11.3 Å². The zero-order chi connectivity index (χ0) is 19.6. The third-order valence-corrected chi connectivity index (χ3v) is 6.41. The summed E-state index contributed by atoms with van der Waals surface area (Å²) in [6.07, 6.45) is 0. The number of sulfonamides is 1. The van der Waals surface area contributed by atoms with Gasteiger partial charge >= 0.3 is 0 Å². The molecule has 1 aliphatic rings. The molecule has 2 aromatic rings. The Morgan fingerprint density at radius 1 is 1.22 bits per heavy atom. The van der Waals surface area contributed by atoms with Gasteiger partial charge in [0.1, 0.15) is 11.6 Å². The van der Waals surface area contributed by atoms with Crippen molar-refractivity contribution in [3.05, 3.63) is 41.4 Å². The molecule has 0 bridgehead atoms. The Hall–Kier alpha value is -2.30. The molecular weight excluding hydrogens is 375 g/mol. The fraction of sp³-hybridized carbons (Fsp3) is 0.412. The molecule has 1 aliphatic heterocycles. The second-order valence-electron chi connectivity index (χ2n) is 6.46. The molecule has 8 nitrogen and oxygen atoms in total. The second-order valence-corrected chi connectivity index (χ2v) is 8.37.